The maximum Gasteiger partial charge on any atom is 0.246 e. The molecule has 0 spiro atoms. The van der Waals surface area contributed by atoms with E-state index < -0.39 is 5.54 Å². The van der Waals surface area contributed by atoms with Crippen molar-refractivity contribution in [2.75, 3.05) is 18.9 Å². The fraction of sp³-hybridized carbons (Fsp3) is 0.364. The number of hydrogen-bond donors (Lipinski definition) is 2. The van der Waals surface area contributed by atoms with Crippen molar-refractivity contribution in [1.82, 2.24) is 5.32 Å². The molecule has 0 unspecified atom stereocenters. The first kappa shape index (κ1) is 9.98. The van der Waals surface area contributed by atoms with Gasteiger partial charge in [0.25, 0.3) is 0 Å². The number of hydrogen-bond acceptors (Lipinski definition) is 3. The van der Waals surface area contributed by atoms with Crippen molar-refractivity contribution in [2.24, 2.45) is 0 Å². The number of rotatable bonds is 1. The van der Waals surface area contributed by atoms with Crippen LogP contribution in [0.3, 0.4) is 0 Å². The molecule has 1 aromatic carbocycles. The Kier molecular flexibility index (Phi) is 2.36. The Balaban J connectivity index is 2.32. The predicted molar refractivity (Wildman–Crippen MR) is 57.2 cm³/mol. The third kappa shape index (κ3) is 1.94. The van der Waals surface area contributed by atoms with Crippen molar-refractivity contribution in [3.05, 3.63) is 29.8 Å². The minimum Gasteiger partial charge on any atom is -0.399 e. The van der Waals surface area contributed by atoms with Crippen LogP contribution in [0.1, 0.15) is 12.5 Å². The molecule has 1 aliphatic heterocycles. The first-order valence-electron chi connectivity index (χ1n) is 4.85. The highest BCUT2D eigenvalue weighted by Crippen LogP contribution is 2.24. The lowest BCUT2D eigenvalue weighted by Gasteiger charge is -2.34. The lowest BCUT2D eigenvalue weighted by Crippen LogP contribution is -2.52. The number of nitrogens with two attached hydrogens (primary N) is 1. The molecule has 2 rings (SSSR count). The van der Waals surface area contributed by atoms with Gasteiger partial charge in [0, 0.05) is 5.69 Å². The molecule has 1 aromatic rings. The molecule has 0 aliphatic carbocycles. The van der Waals surface area contributed by atoms with Gasteiger partial charge < -0.3 is 15.8 Å². The van der Waals surface area contributed by atoms with Gasteiger partial charge in [0.15, 0.2) is 0 Å². The number of amides is 1. The number of nitrogen functional groups attached to an aromatic ring is 1. The zero-order valence-electron chi connectivity index (χ0n) is 8.62. The van der Waals surface area contributed by atoms with Gasteiger partial charge in [-0.25, -0.2) is 0 Å². The molecule has 1 atom stereocenters. The van der Waals surface area contributed by atoms with Gasteiger partial charge in [-0.15, -0.1) is 0 Å². The number of carbonyl (C=O) groups is 1. The Bertz CT molecular complexity index is 392. The maximum absolute atomic E-state index is 11.3. The average molecular weight is 206 g/mol. The highest BCUT2D eigenvalue weighted by molar-refractivity contribution is 5.79. The summed E-state index contributed by atoms with van der Waals surface area (Å²) in [7, 11) is 0. The smallest absolute Gasteiger partial charge is 0.246 e. The summed E-state index contributed by atoms with van der Waals surface area (Å²) in [5.41, 5.74) is 6.89. The van der Waals surface area contributed by atoms with Crippen molar-refractivity contribution < 1.29 is 9.53 Å². The lowest BCUT2D eigenvalue weighted by atomic mass is 9.91. The Hall–Kier alpha value is -1.55. The second-order valence-electron chi connectivity index (χ2n) is 4.00. The Morgan fingerprint density at radius 1 is 1.53 bits per heavy atom. The molecule has 4 heteroatoms. The van der Waals surface area contributed by atoms with E-state index in [4.69, 9.17) is 10.5 Å². The largest absolute Gasteiger partial charge is 0.399 e. The summed E-state index contributed by atoms with van der Waals surface area (Å²) in [6, 6.07) is 7.48. The Morgan fingerprint density at radius 3 is 3.00 bits per heavy atom. The summed E-state index contributed by atoms with van der Waals surface area (Å²) in [4.78, 5) is 11.3. The summed E-state index contributed by atoms with van der Waals surface area (Å²) >= 11 is 0. The van der Waals surface area contributed by atoms with Crippen LogP contribution in [0.25, 0.3) is 0 Å². The summed E-state index contributed by atoms with van der Waals surface area (Å²) < 4.78 is 5.24. The van der Waals surface area contributed by atoms with Crippen molar-refractivity contribution in [3.63, 3.8) is 0 Å². The third-order valence-electron chi connectivity index (χ3n) is 2.56. The number of benzene rings is 1. The molecule has 0 radical (unpaired) electrons. The molecular formula is C11H14N2O2. The Morgan fingerprint density at radius 2 is 2.33 bits per heavy atom. The quantitative estimate of drug-likeness (QED) is 0.662. The summed E-state index contributed by atoms with van der Waals surface area (Å²) in [6.45, 7) is 2.54. The van der Waals surface area contributed by atoms with E-state index in [1.165, 1.54) is 0 Å². The van der Waals surface area contributed by atoms with Crippen molar-refractivity contribution in [2.45, 2.75) is 12.5 Å². The number of ether oxygens (including phenoxy) is 1. The molecule has 80 valence electrons. The van der Waals surface area contributed by atoms with Crippen molar-refractivity contribution >= 4 is 11.6 Å². The van der Waals surface area contributed by atoms with E-state index in [0.717, 1.165) is 5.56 Å². The Labute approximate surface area is 88.4 Å². The van der Waals surface area contributed by atoms with Crippen LogP contribution in [-0.4, -0.2) is 19.1 Å². The summed E-state index contributed by atoms with van der Waals surface area (Å²) in [6.07, 6.45) is 0. The average Bonchev–Trinajstić information content (AvgIpc) is 2.17. The zero-order chi connectivity index (χ0) is 10.9. The van der Waals surface area contributed by atoms with Gasteiger partial charge in [-0.3, -0.25) is 4.79 Å². The summed E-state index contributed by atoms with van der Waals surface area (Å²) in [5, 5.41) is 2.92. The predicted octanol–water partition coefficient (Wildman–Crippen LogP) is 0.630. The van der Waals surface area contributed by atoms with Crippen LogP contribution in [0, 0.1) is 0 Å². The van der Waals surface area contributed by atoms with Gasteiger partial charge in [0.05, 0.1) is 12.1 Å². The molecule has 0 saturated carbocycles. The van der Waals surface area contributed by atoms with Gasteiger partial charge in [0.1, 0.15) is 6.61 Å². The molecule has 1 amide bonds. The second-order valence-corrected chi connectivity index (χ2v) is 4.00. The summed E-state index contributed by atoms with van der Waals surface area (Å²) in [5.74, 6) is -0.0915. The molecule has 0 aromatic heterocycles. The molecule has 15 heavy (non-hydrogen) atoms. The van der Waals surface area contributed by atoms with E-state index in [1.807, 2.05) is 31.2 Å². The van der Waals surface area contributed by atoms with Gasteiger partial charge in [-0.05, 0) is 24.6 Å². The van der Waals surface area contributed by atoms with Gasteiger partial charge in [-0.1, -0.05) is 12.1 Å². The van der Waals surface area contributed by atoms with Gasteiger partial charge in [-0.2, -0.15) is 0 Å². The van der Waals surface area contributed by atoms with E-state index in [0.29, 0.717) is 12.3 Å². The van der Waals surface area contributed by atoms with Crippen molar-refractivity contribution in [1.29, 1.82) is 0 Å². The molecule has 0 bridgehead atoms. The SMILES string of the molecule is C[C@@]1(c2cccc(N)c2)COCC(=O)N1. The third-order valence-corrected chi connectivity index (χ3v) is 2.56. The van der Waals surface area contributed by atoms with Crippen molar-refractivity contribution in [3.8, 4) is 0 Å². The molecule has 1 fully saturated rings. The highest BCUT2D eigenvalue weighted by atomic mass is 16.5. The molecule has 1 aliphatic rings. The minimum absolute atomic E-state index is 0.0915. The monoisotopic (exact) mass is 206 g/mol. The number of morpholine rings is 1. The zero-order valence-corrected chi connectivity index (χ0v) is 8.62. The maximum atomic E-state index is 11.3. The van der Waals surface area contributed by atoms with Crippen LogP contribution in [-0.2, 0) is 15.1 Å². The topological polar surface area (TPSA) is 64.3 Å². The van der Waals surface area contributed by atoms with Crippen LogP contribution < -0.4 is 11.1 Å². The lowest BCUT2D eigenvalue weighted by molar-refractivity contribution is -0.135. The van der Waals surface area contributed by atoms with Gasteiger partial charge >= 0.3 is 0 Å². The molecule has 1 heterocycles. The second kappa shape index (κ2) is 3.55. The molecule has 1 saturated heterocycles. The van der Waals surface area contributed by atoms with E-state index in [1.54, 1.807) is 0 Å². The molecule has 3 N–H and O–H groups in total. The van der Waals surface area contributed by atoms with Crippen LogP contribution in [0.5, 0.6) is 0 Å². The van der Waals surface area contributed by atoms with Crippen LogP contribution in [0.15, 0.2) is 24.3 Å². The molecule has 4 nitrogen and oxygen atoms in total. The number of carbonyl (C=O) groups excluding carboxylic acids is 1. The number of nitrogens with one attached hydrogen (secondary N) is 1. The standard InChI is InChI=1S/C11H14N2O2/c1-11(7-15-6-10(14)13-11)8-3-2-4-9(12)5-8/h2-5H,6-7,12H2,1H3,(H,13,14)/t11-/m0/s1. The minimum atomic E-state index is -0.468. The van der Waals surface area contributed by atoms with E-state index >= 15 is 0 Å². The first-order chi connectivity index (χ1) is 7.10. The van der Waals surface area contributed by atoms with E-state index in [2.05, 4.69) is 5.32 Å². The molecular weight excluding hydrogens is 192 g/mol. The van der Waals surface area contributed by atoms with E-state index in [-0.39, 0.29) is 12.5 Å². The van der Waals surface area contributed by atoms with Gasteiger partial charge in [0.2, 0.25) is 5.91 Å². The van der Waals surface area contributed by atoms with E-state index in [9.17, 15) is 4.79 Å². The first-order valence-corrected chi connectivity index (χ1v) is 4.85. The number of anilines is 1. The van der Waals surface area contributed by atoms with Crippen LogP contribution in [0.2, 0.25) is 0 Å². The van der Waals surface area contributed by atoms with Crippen LogP contribution >= 0.6 is 0 Å². The fourth-order valence-electron chi connectivity index (χ4n) is 1.77. The highest BCUT2D eigenvalue weighted by Gasteiger charge is 2.32. The normalized spacial score (nSPS) is 26.1. The van der Waals surface area contributed by atoms with Crippen LogP contribution in [0.4, 0.5) is 5.69 Å². The fourth-order valence-corrected chi connectivity index (χ4v) is 1.77.